The second-order valence-corrected chi connectivity index (χ2v) is 4.54. The van der Waals surface area contributed by atoms with E-state index < -0.39 is 5.54 Å². The average molecular weight is 214 g/mol. The fourth-order valence-corrected chi connectivity index (χ4v) is 1.29. The molecule has 0 saturated heterocycles. The van der Waals surface area contributed by atoms with Gasteiger partial charge < -0.3 is 15.8 Å². The number of hydrogen-bond donors (Lipinski definition) is 2. The first-order valence-corrected chi connectivity index (χ1v) is 5.73. The number of amides is 1. The van der Waals surface area contributed by atoms with Crippen molar-refractivity contribution in [3.8, 4) is 0 Å². The monoisotopic (exact) mass is 214 g/mol. The maximum Gasteiger partial charge on any atom is 0.240 e. The molecular weight excluding hydrogens is 192 g/mol. The molecule has 88 valence electrons. The van der Waals surface area contributed by atoms with Gasteiger partial charge in [-0.3, -0.25) is 4.79 Å². The minimum Gasteiger partial charge on any atom is -0.379 e. The molecule has 4 heteroatoms. The summed E-state index contributed by atoms with van der Waals surface area (Å²) in [4.78, 5) is 11.4. The van der Waals surface area contributed by atoms with Crippen molar-refractivity contribution < 1.29 is 9.53 Å². The standard InChI is InChI=1S/C11H22N2O2/c1-9(2)15-8-4-3-7-13-10(14)11(12)5-6-11/h9H,3-8,12H2,1-2H3,(H,13,14). The zero-order chi connectivity index (χ0) is 11.3. The molecule has 0 unspecified atom stereocenters. The van der Waals surface area contributed by atoms with E-state index in [1.165, 1.54) is 0 Å². The van der Waals surface area contributed by atoms with Crippen LogP contribution in [-0.2, 0) is 9.53 Å². The van der Waals surface area contributed by atoms with E-state index in [0.29, 0.717) is 12.6 Å². The molecule has 0 bridgehead atoms. The fraction of sp³-hybridized carbons (Fsp3) is 0.909. The number of unbranched alkanes of at least 4 members (excludes halogenated alkanes) is 1. The Bertz CT molecular complexity index is 213. The molecule has 0 aromatic carbocycles. The van der Waals surface area contributed by atoms with E-state index in [-0.39, 0.29) is 5.91 Å². The molecule has 1 rings (SSSR count). The van der Waals surface area contributed by atoms with Crippen molar-refractivity contribution in [2.45, 2.75) is 51.2 Å². The average Bonchev–Trinajstić information content (AvgIpc) is 2.90. The number of hydrogen-bond acceptors (Lipinski definition) is 3. The third kappa shape index (κ3) is 4.62. The highest BCUT2D eigenvalue weighted by Gasteiger charge is 2.45. The first-order valence-electron chi connectivity index (χ1n) is 5.73. The molecule has 3 N–H and O–H groups in total. The molecule has 0 aliphatic heterocycles. The number of nitrogens with two attached hydrogens (primary N) is 1. The van der Waals surface area contributed by atoms with Crippen LogP contribution in [0.5, 0.6) is 0 Å². The molecule has 0 radical (unpaired) electrons. The lowest BCUT2D eigenvalue weighted by Gasteiger charge is -2.10. The van der Waals surface area contributed by atoms with E-state index in [0.717, 1.165) is 32.3 Å². The van der Waals surface area contributed by atoms with Crippen molar-refractivity contribution in [2.24, 2.45) is 5.73 Å². The Kier molecular flexibility index (Phi) is 4.54. The van der Waals surface area contributed by atoms with Gasteiger partial charge in [-0.2, -0.15) is 0 Å². The normalized spacial score (nSPS) is 17.9. The molecule has 0 spiro atoms. The number of rotatable bonds is 7. The summed E-state index contributed by atoms with van der Waals surface area (Å²) in [6, 6.07) is 0. The molecule has 1 saturated carbocycles. The van der Waals surface area contributed by atoms with Crippen molar-refractivity contribution in [2.75, 3.05) is 13.2 Å². The van der Waals surface area contributed by atoms with E-state index in [2.05, 4.69) is 5.32 Å². The summed E-state index contributed by atoms with van der Waals surface area (Å²) < 4.78 is 5.39. The van der Waals surface area contributed by atoms with Gasteiger partial charge in [0.05, 0.1) is 11.6 Å². The van der Waals surface area contributed by atoms with E-state index in [1.54, 1.807) is 0 Å². The van der Waals surface area contributed by atoms with Crippen LogP contribution in [0, 0.1) is 0 Å². The second kappa shape index (κ2) is 5.47. The zero-order valence-corrected chi connectivity index (χ0v) is 9.71. The van der Waals surface area contributed by atoms with E-state index >= 15 is 0 Å². The Morgan fingerprint density at radius 3 is 2.67 bits per heavy atom. The Morgan fingerprint density at radius 1 is 1.47 bits per heavy atom. The Morgan fingerprint density at radius 2 is 2.13 bits per heavy atom. The predicted molar refractivity (Wildman–Crippen MR) is 59.5 cm³/mol. The second-order valence-electron chi connectivity index (χ2n) is 4.54. The summed E-state index contributed by atoms with van der Waals surface area (Å²) in [6.45, 7) is 5.51. The number of nitrogens with one attached hydrogen (secondary N) is 1. The van der Waals surface area contributed by atoms with Crippen LogP contribution in [0.25, 0.3) is 0 Å². The molecule has 0 aromatic rings. The van der Waals surface area contributed by atoms with Crippen LogP contribution in [-0.4, -0.2) is 30.7 Å². The van der Waals surface area contributed by atoms with Crippen LogP contribution < -0.4 is 11.1 Å². The molecule has 0 atom stereocenters. The van der Waals surface area contributed by atoms with Crippen LogP contribution in [0.3, 0.4) is 0 Å². The highest BCUT2D eigenvalue weighted by atomic mass is 16.5. The summed E-state index contributed by atoms with van der Waals surface area (Å²) in [6.07, 6.45) is 3.88. The molecule has 0 aromatic heterocycles. The summed E-state index contributed by atoms with van der Waals surface area (Å²) in [7, 11) is 0. The Hall–Kier alpha value is -0.610. The fourth-order valence-electron chi connectivity index (χ4n) is 1.29. The lowest BCUT2D eigenvalue weighted by atomic mass is 10.2. The minimum absolute atomic E-state index is 0.00674. The van der Waals surface area contributed by atoms with Crippen LogP contribution >= 0.6 is 0 Å². The van der Waals surface area contributed by atoms with Gasteiger partial charge in [0, 0.05) is 13.2 Å². The Balaban J connectivity index is 1.91. The van der Waals surface area contributed by atoms with Gasteiger partial charge in [0.2, 0.25) is 5.91 Å². The summed E-state index contributed by atoms with van der Waals surface area (Å²) in [5, 5.41) is 2.85. The molecule has 1 aliphatic carbocycles. The Labute approximate surface area is 91.5 Å². The lowest BCUT2D eigenvalue weighted by Crippen LogP contribution is -2.43. The molecule has 0 heterocycles. The zero-order valence-electron chi connectivity index (χ0n) is 9.71. The number of carbonyl (C=O) groups is 1. The first-order chi connectivity index (χ1) is 7.04. The summed E-state index contributed by atoms with van der Waals surface area (Å²) in [5.74, 6) is 0.00674. The third-order valence-corrected chi connectivity index (χ3v) is 2.55. The van der Waals surface area contributed by atoms with Crippen molar-refractivity contribution >= 4 is 5.91 Å². The first kappa shape index (κ1) is 12.5. The molecule has 1 aliphatic rings. The summed E-state index contributed by atoms with van der Waals surface area (Å²) in [5.41, 5.74) is 5.20. The van der Waals surface area contributed by atoms with Crippen molar-refractivity contribution in [1.29, 1.82) is 0 Å². The van der Waals surface area contributed by atoms with Crippen molar-refractivity contribution in [3.63, 3.8) is 0 Å². The molecule has 1 amide bonds. The highest BCUT2D eigenvalue weighted by molar-refractivity contribution is 5.88. The molecule has 15 heavy (non-hydrogen) atoms. The highest BCUT2D eigenvalue weighted by Crippen LogP contribution is 2.31. The maximum absolute atomic E-state index is 11.4. The van der Waals surface area contributed by atoms with Gasteiger partial charge in [0.15, 0.2) is 0 Å². The van der Waals surface area contributed by atoms with Crippen molar-refractivity contribution in [1.82, 2.24) is 5.32 Å². The van der Waals surface area contributed by atoms with E-state index in [4.69, 9.17) is 10.5 Å². The van der Waals surface area contributed by atoms with Gasteiger partial charge >= 0.3 is 0 Å². The van der Waals surface area contributed by atoms with Gasteiger partial charge in [-0.15, -0.1) is 0 Å². The number of carbonyl (C=O) groups excluding carboxylic acids is 1. The van der Waals surface area contributed by atoms with Crippen LogP contribution in [0.15, 0.2) is 0 Å². The van der Waals surface area contributed by atoms with Crippen LogP contribution in [0.4, 0.5) is 0 Å². The van der Waals surface area contributed by atoms with Crippen LogP contribution in [0.2, 0.25) is 0 Å². The smallest absolute Gasteiger partial charge is 0.240 e. The molecular formula is C11H22N2O2. The van der Waals surface area contributed by atoms with Gasteiger partial charge in [0.25, 0.3) is 0 Å². The van der Waals surface area contributed by atoms with Crippen LogP contribution in [0.1, 0.15) is 39.5 Å². The van der Waals surface area contributed by atoms with Gasteiger partial charge in [-0.25, -0.2) is 0 Å². The molecule has 4 nitrogen and oxygen atoms in total. The lowest BCUT2D eigenvalue weighted by molar-refractivity contribution is -0.123. The SMILES string of the molecule is CC(C)OCCCCNC(=O)C1(N)CC1. The van der Waals surface area contributed by atoms with Gasteiger partial charge in [-0.1, -0.05) is 0 Å². The third-order valence-electron chi connectivity index (χ3n) is 2.55. The largest absolute Gasteiger partial charge is 0.379 e. The van der Waals surface area contributed by atoms with Gasteiger partial charge in [-0.05, 0) is 39.5 Å². The molecule has 1 fully saturated rings. The van der Waals surface area contributed by atoms with E-state index in [1.807, 2.05) is 13.8 Å². The van der Waals surface area contributed by atoms with Gasteiger partial charge in [0.1, 0.15) is 0 Å². The minimum atomic E-state index is -0.533. The number of ether oxygens (including phenoxy) is 1. The topological polar surface area (TPSA) is 64.3 Å². The predicted octanol–water partition coefficient (Wildman–Crippen LogP) is 0.799. The quantitative estimate of drug-likeness (QED) is 0.616. The van der Waals surface area contributed by atoms with E-state index in [9.17, 15) is 4.79 Å². The summed E-state index contributed by atoms with van der Waals surface area (Å²) >= 11 is 0. The van der Waals surface area contributed by atoms with Crippen molar-refractivity contribution in [3.05, 3.63) is 0 Å². The maximum atomic E-state index is 11.4.